The first-order valence-corrected chi connectivity index (χ1v) is 9.34. The Balaban J connectivity index is 1.55. The Bertz CT molecular complexity index is 1260. The van der Waals surface area contributed by atoms with Crippen molar-refractivity contribution in [3.63, 3.8) is 0 Å². The molecule has 2 aromatic carbocycles. The minimum Gasteiger partial charge on any atom is -0.377 e. The first kappa shape index (κ1) is 19.5. The molecular weight excluding hydrogens is 384 g/mol. The average Bonchev–Trinajstić information content (AvgIpc) is 3.23. The molecule has 0 aliphatic carbocycles. The highest BCUT2D eigenvalue weighted by atomic mass is 16.5. The number of carbonyl (C=O) groups excluding carboxylic acids is 1. The van der Waals surface area contributed by atoms with Gasteiger partial charge in [-0.1, -0.05) is 24.3 Å². The van der Waals surface area contributed by atoms with E-state index in [9.17, 15) is 9.59 Å². The number of nitrogens with one attached hydrogen (secondary N) is 2. The summed E-state index contributed by atoms with van der Waals surface area (Å²) in [6.07, 6.45) is 1.40. The van der Waals surface area contributed by atoms with Crippen LogP contribution < -0.4 is 10.9 Å². The van der Waals surface area contributed by atoms with Gasteiger partial charge in [0, 0.05) is 18.4 Å². The molecule has 0 saturated heterocycles. The maximum Gasteiger partial charge on any atom is 0.261 e. The second-order valence-corrected chi connectivity index (χ2v) is 6.76. The minimum atomic E-state index is -0.741. The molecule has 0 fully saturated rings. The minimum absolute atomic E-state index is 0.261. The van der Waals surface area contributed by atoms with Gasteiger partial charge < -0.3 is 10.1 Å². The number of amides is 1. The van der Waals surface area contributed by atoms with E-state index in [-0.39, 0.29) is 11.5 Å². The van der Waals surface area contributed by atoms with E-state index in [1.807, 2.05) is 12.1 Å². The summed E-state index contributed by atoms with van der Waals surface area (Å²) in [5.74, 6) is 0.779. The molecule has 1 atom stereocenters. The van der Waals surface area contributed by atoms with Gasteiger partial charge in [-0.15, -0.1) is 0 Å². The van der Waals surface area contributed by atoms with Crippen molar-refractivity contribution in [3.8, 4) is 11.4 Å². The van der Waals surface area contributed by atoms with Crippen LogP contribution in [0.1, 0.15) is 18.8 Å². The van der Waals surface area contributed by atoms with Gasteiger partial charge in [-0.2, -0.15) is 5.10 Å². The van der Waals surface area contributed by atoms with Gasteiger partial charge in [0.1, 0.15) is 12.6 Å². The lowest BCUT2D eigenvalue weighted by Gasteiger charge is -2.15. The SMILES string of the molecule is COCc1nc(-c2cccc(NC(=O)C(C)n3cnc4ccccc4c3=O)c2)n[nH]1. The second-order valence-electron chi connectivity index (χ2n) is 6.76. The fraction of sp³-hybridized carbons (Fsp3) is 0.190. The number of methoxy groups -OCH3 is 1. The first-order chi connectivity index (χ1) is 14.6. The predicted octanol–water partition coefficient (Wildman–Crippen LogP) is 2.53. The molecule has 4 aromatic rings. The highest BCUT2D eigenvalue weighted by Crippen LogP contribution is 2.20. The third-order valence-electron chi connectivity index (χ3n) is 4.69. The molecule has 0 aliphatic heterocycles. The number of aromatic amines is 1. The number of hydrogen-bond acceptors (Lipinski definition) is 6. The Kier molecular flexibility index (Phi) is 5.36. The van der Waals surface area contributed by atoms with E-state index in [2.05, 4.69) is 25.5 Å². The molecule has 1 amide bonds. The predicted molar refractivity (Wildman–Crippen MR) is 112 cm³/mol. The number of carbonyl (C=O) groups is 1. The van der Waals surface area contributed by atoms with E-state index in [4.69, 9.17) is 4.74 Å². The van der Waals surface area contributed by atoms with Crippen LogP contribution in [0.15, 0.2) is 59.7 Å². The Labute approximate surface area is 171 Å². The maximum absolute atomic E-state index is 12.8. The lowest BCUT2D eigenvalue weighted by molar-refractivity contribution is -0.118. The van der Waals surface area contributed by atoms with Crippen molar-refractivity contribution >= 4 is 22.5 Å². The van der Waals surface area contributed by atoms with E-state index < -0.39 is 6.04 Å². The topological polar surface area (TPSA) is 115 Å². The monoisotopic (exact) mass is 404 g/mol. The molecule has 0 spiro atoms. The number of fused-ring (bicyclic) bond motifs is 1. The van der Waals surface area contributed by atoms with Gasteiger partial charge in [-0.3, -0.25) is 19.3 Å². The van der Waals surface area contributed by atoms with Gasteiger partial charge in [0.05, 0.1) is 17.2 Å². The molecular formula is C21H20N6O3. The van der Waals surface area contributed by atoms with Crippen molar-refractivity contribution < 1.29 is 9.53 Å². The molecule has 30 heavy (non-hydrogen) atoms. The van der Waals surface area contributed by atoms with Gasteiger partial charge in [0.15, 0.2) is 11.6 Å². The Hall–Kier alpha value is -3.85. The van der Waals surface area contributed by atoms with Gasteiger partial charge >= 0.3 is 0 Å². The summed E-state index contributed by atoms with van der Waals surface area (Å²) in [4.78, 5) is 34.2. The number of ether oxygens (including phenoxy) is 1. The van der Waals surface area contributed by atoms with Crippen LogP contribution in [0.25, 0.3) is 22.3 Å². The van der Waals surface area contributed by atoms with E-state index >= 15 is 0 Å². The van der Waals surface area contributed by atoms with Crippen molar-refractivity contribution in [1.82, 2.24) is 24.7 Å². The lowest BCUT2D eigenvalue weighted by Crippen LogP contribution is -2.31. The standard InChI is InChI=1S/C21H20N6O3/c1-13(27-12-22-17-9-4-3-8-16(17)21(27)29)20(28)23-15-7-5-6-14(10-15)19-24-18(11-30-2)25-26-19/h3-10,12-13H,11H2,1-2H3,(H,23,28)(H,24,25,26). The third-order valence-corrected chi connectivity index (χ3v) is 4.69. The number of H-pyrrole nitrogens is 1. The number of hydrogen-bond donors (Lipinski definition) is 2. The molecule has 0 aliphatic rings. The molecule has 2 N–H and O–H groups in total. The zero-order valence-electron chi connectivity index (χ0n) is 16.5. The summed E-state index contributed by atoms with van der Waals surface area (Å²) >= 11 is 0. The molecule has 0 bridgehead atoms. The molecule has 9 nitrogen and oxygen atoms in total. The summed E-state index contributed by atoms with van der Waals surface area (Å²) < 4.78 is 6.36. The van der Waals surface area contributed by atoms with Crippen molar-refractivity contribution in [2.75, 3.05) is 12.4 Å². The zero-order valence-corrected chi connectivity index (χ0v) is 16.5. The van der Waals surface area contributed by atoms with Gasteiger partial charge in [0.2, 0.25) is 5.91 Å². The van der Waals surface area contributed by atoms with E-state index in [0.717, 1.165) is 5.56 Å². The van der Waals surface area contributed by atoms with Crippen LogP contribution in [0.2, 0.25) is 0 Å². The summed E-state index contributed by atoms with van der Waals surface area (Å²) in [5.41, 5.74) is 1.65. The zero-order chi connectivity index (χ0) is 21.1. The average molecular weight is 404 g/mol. The van der Waals surface area contributed by atoms with E-state index in [0.29, 0.717) is 34.8 Å². The van der Waals surface area contributed by atoms with E-state index in [1.165, 1.54) is 10.9 Å². The normalized spacial score (nSPS) is 12.1. The molecule has 1 unspecified atom stereocenters. The van der Waals surface area contributed by atoms with Crippen LogP contribution in [0.4, 0.5) is 5.69 Å². The van der Waals surface area contributed by atoms with Gasteiger partial charge in [-0.05, 0) is 31.2 Å². The Morgan fingerprint density at radius 2 is 2.07 bits per heavy atom. The Morgan fingerprint density at radius 1 is 1.23 bits per heavy atom. The van der Waals surface area contributed by atoms with Gasteiger partial charge in [0.25, 0.3) is 5.56 Å². The molecule has 152 valence electrons. The van der Waals surface area contributed by atoms with Crippen molar-refractivity contribution in [2.45, 2.75) is 19.6 Å². The lowest BCUT2D eigenvalue weighted by atomic mass is 10.2. The highest BCUT2D eigenvalue weighted by molar-refractivity contribution is 5.94. The summed E-state index contributed by atoms with van der Waals surface area (Å²) in [6, 6.07) is 13.5. The highest BCUT2D eigenvalue weighted by Gasteiger charge is 2.18. The Morgan fingerprint density at radius 3 is 2.90 bits per heavy atom. The third kappa shape index (κ3) is 3.83. The van der Waals surface area contributed by atoms with Crippen molar-refractivity contribution in [1.29, 1.82) is 0 Å². The van der Waals surface area contributed by atoms with Crippen LogP contribution in [0.3, 0.4) is 0 Å². The molecule has 2 heterocycles. The maximum atomic E-state index is 12.8. The van der Waals surface area contributed by atoms with Crippen LogP contribution in [-0.2, 0) is 16.1 Å². The molecule has 9 heteroatoms. The summed E-state index contributed by atoms with van der Waals surface area (Å²) in [7, 11) is 1.58. The van der Waals surface area contributed by atoms with Crippen molar-refractivity contribution in [3.05, 3.63) is 71.0 Å². The molecule has 2 aromatic heterocycles. The van der Waals surface area contributed by atoms with Crippen molar-refractivity contribution in [2.24, 2.45) is 0 Å². The van der Waals surface area contributed by atoms with Crippen LogP contribution >= 0.6 is 0 Å². The van der Waals surface area contributed by atoms with E-state index in [1.54, 1.807) is 50.4 Å². The number of benzene rings is 2. The fourth-order valence-corrected chi connectivity index (χ4v) is 3.09. The number of rotatable bonds is 6. The quantitative estimate of drug-likeness (QED) is 0.510. The molecule has 0 saturated carbocycles. The fourth-order valence-electron chi connectivity index (χ4n) is 3.09. The van der Waals surface area contributed by atoms with Gasteiger partial charge in [-0.25, -0.2) is 9.97 Å². The summed E-state index contributed by atoms with van der Waals surface area (Å²) in [6.45, 7) is 1.98. The van der Waals surface area contributed by atoms with Crippen LogP contribution in [0.5, 0.6) is 0 Å². The largest absolute Gasteiger partial charge is 0.377 e. The van der Waals surface area contributed by atoms with Crippen LogP contribution in [0, 0.1) is 0 Å². The molecule has 4 rings (SSSR count). The summed E-state index contributed by atoms with van der Waals surface area (Å²) in [5, 5.41) is 10.3. The number of nitrogens with zero attached hydrogens (tertiary/aromatic N) is 4. The number of anilines is 1. The van der Waals surface area contributed by atoms with Crippen LogP contribution in [-0.4, -0.2) is 37.7 Å². The number of aromatic nitrogens is 5. The number of para-hydroxylation sites is 1. The smallest absolute Gasteiger partial charge is 0.261 e. The first-order valence-electron chi connectivity index (χ1n) is 9.34. The second kappa shape index (κ2) is 8.26. The molecule has 0 radical (unpaired) electrons.